The molecule has 1 aliphatic heterocycles. The molecule has 1 aromatic heterocycles. The van der Waals surface area contributed by atoms with E-state index in [4.69, 9.17) is 0 Å². The number of rotatable bonds is 5. The van der Waals surface area contributed by atoms with E-state index in [2.05, 4.69) is 29.0 Å². The summed E-state index contributed by atoms with van der Waals surface area (Å²) >= 11 is 0. The smallest absolute Gasteiger partial charge is 0.125 e. The Kier molecular flexibility index (Phi) is 4.37. The minimum Gasteiger partial charge on any atom is -0.369 e. The first kappa shape index (κ1) is 12.4. The average Bonchev–Trinajstić information content (AvgIpc) is 2.74. The van der Waals surface area contributed by atoms with Gasteiger partial charge in [-0.05, 0) is 37.4 Å². The minimum atomic E-state index is 0.680. The van der Waals surface area contributed by atoms with Gasteiger partial charge in [0.25, 0.3) is 0 Å². The van der Waals surface area contributed by atoms with Gasteiger partial charge in [-0.3, -0.25) is 4.90 Å². The number of aromatic nitrogens is 1. The zero-order valence-electron chi connectivity index (χ0n) is 10.9. The maximum absolute atomic E-state index is 4.30. The molecule has 2 heterocycles. The molecular formula is C14H23N3. The van der Waals surface area contributed by atoms with E-state index < -0.39 is 0 Å². The summed E-state index contributed by atoms with van der Waals surface area (Å²) in [4.78, 5) is 6.91. The van der Waals surface area contributed by atoms with Gasteiger partial charge >= 0.3 is 0 Å². The third-order valence-corrected chi connectivity index (χ3v) is 3.28. The van der Waals surface area contributed by atoms with Crippen LogP contribution in [-0.2, 0) is 0 Å². The van der Waals surface area contributed by atoms with Crippen LogP contribution in [0.25, 0.3) is 0 Å². The van der Waals surface area contributed by atoms with E-state index in [0.717, 1.165) is 18.3 Å². The van der Waals surface area contributed by atoms with Crippen molar-refractivity contribution in [3.63, 3.8) is 0 Å². The standard InChI is InChI=1S/C14H23N3/c1-12(2)11-17-9-5-6-13(17)10-16-14-7-3-4-8-15-14/h3-4,7-8,12-13H,5-6,9-11H2,1-2H3,(H,15,16)/t13-/m1/s1. The molecule has 1 atom stereocenters. The van der Waals surface area contributed by atoms with Crippen LogP contribution in [0.1, 0.15) is 26.7 Å². The molecule has 17 heavy (non-hydrogen) atoms. The van der Waals surface area contributed by atoms with Crippen molar-refractivity contribution in [1.29, 1.82) is 0 Å². The Morgan fingerprint density at radius 3 is 3.06 bits per heavy atom. The molecule has 3 heteroatoms. The fraction of sp³-hybridized carbons (Fsp3) is 0.643. The highest BCUT2D eigenvalue weighted by atomic mass is 15.2. The predicted octanol–water partition coefficient (Wildman–Crippen LogP) is 2.61. The SMILES string of the molecule is CC(C)CN1CCC[C@@H]1CNc1ccccn1. The van der Waals surface area contributed by atoms with Crippen LogP contribution in [0.2, 0.25) is 0 Å². The Morgan fingerprint density at radius 1 is 1.47 bits per heavy atom. The molecular weight excluding hydrogens is 210 g/mol. The van der Waals surface area contributed by atoms with Gasteiger partial charge in [-0.25, -0.2) is 4.98 Å². The molecule has 0 aromatic carbocycles. The lowest BCUT2D eigenvalue weighted by Gasteiger charge is -2.26. The summed E-state index contributed by atoms with van der Waals surface area (Å²) in [6.07, 6.45) is 4.48. The van der Waals surface area contributed by atoms with Crippen molar-refractivity contribution < 1.29 is 0 Å². The van der Waals surface area contributed by atoms with E-state index in [1.54, 1.807) is 0 Å². The molecule has 0 bridgehead atoms. The van der Waals surface area contributed by atoms with Gasteiger partial charge in [0, 0.05) is 25.3 Å². The largest absolute Gasteiger partial charge is 0.369 e. The third-order valence-electron chi connectivity index (χ3n) is 3.28. The van der Waals surface area contributed by atoms with Gasteiger partial charge in [0.05, 0.1) is 0 Å². The van der Waals surface area contributed by atoms with Crippen LogP contribution in [0, 0.1) is 5.92 Å². The predicted molar refractivity (Wildman–Crippen MR) is 72.2 cm³/mol. The second kappa shape index (κ2) is 6.01. The highest BCUT2D eigenvalue weighted by Gasteiger charge is 2.24. The number of nitrogens with one attached hydrogen (secondary N) is 1. The molecule has 1 saturated heterocycles. The normalized spacial score (nSPS) is 21.0. The molecule has 1 aromatic rings. The second-order valence-electron chi connectivity index (χ2n) is 5.28. The summed E-state index contributed by atoms with van der Waals surface area (Å²) in [5, 5.41) is 3.44. The Balaban J connectivity index is 1.82. The molecule has 3 nitrogen and oxygen atoms in total. The first-order chi connectivity index (χ1) is 8.25. The zero-order chi connectivity index (χ0) is 12.1. The molecule has 0 saturated carbocycles. The lowest BCUT2D eigenvalue weighted by Crippen LogP contribution is -2.37. The lowest BCUT2D eigenvalue weighted by atomic mass is 10.1. The van der Waals surface area contributed by atoms with Crippen LogP contribution in [0.4, 0.5) is 5.82 Å². The van der Waals surface area contributed by atoms with Gasteiger partial charge in [0.1, 0.15) is 5.82 Å². The van der Waals surface area contributed by atoms with E-state index in [0.29, 0.717) is 6.04 Å². The van der Waals surface area contributed by atoms with Crippen molar-refractivity contribution in [2.24, 2.45) is 5.92 Å². The van der Waals surface area contributed by atoms with Gasteiger partial charge in [-0.15, -0.1) is 0 Å². The minimum absolute atomic E-state index is 0.680. The molecule has 0 amide bonds. The third kappa shape index (κ3) is 3.70. The first-order valence-corrected chi connectivity index (χ1v) is 6.64. The van der Waals surface area contributed by atoms with Crippen LogP contribution in [0.3, 0.4) is 0 Å². The summed E-state index contributed by atoms with van der Waals surface area (Å²) in [7, 11) is 0. The van der Waals surface area contributed by atoms with Crippen molar-refractivity contribution in [3.8, 4) is 0 Å². The highest BCUT2D eigenvalue weighted by molar-refractivity contribution is 5.33. The van der Waals surface area contributed by atoms with Crippen LogP contribution >= 0.6 is 0 Å². The second-order valence-corrected chi connectivity index (χ2v) is 5.28. The van der Waals surface area contributed by atoms with Crippen molar-refractivity contribution >= 4 is 5.82 Å². The molecule has 1 N–H and O–H groups in total. The van der Waals surface area contributed by atoms with E-state index in [9.17, 15) is 0 Å². The molecule has 94 valence electrons. The number of hydrogen-bond acceptors (Lipinski definition) is 3. The Morgan fingerprint density at radius 2 is 2.35 bits per heavy atom. The Labute approximate surface area is 104 Å². The molecule has 0 unspecified atom stereocenters. The number of likely N-dealkylation sites (tertiary alicyclic amines) is 1. The summed E-state index contributed by atoms with van der Waals surface area (Å²) in [5.74, 6) is 1.74. The maximum Gasteiger partial charge on any atom is 0.125 e. The lowest BCUT2D eigenvalue weighted by molar-refractivity contribution is 0.234. The maximum atomic E-state index is 4.30. The summed E-state index contributed by atoms with van der Waals surface area (Å²) in [6.45, 7) is 8.08. The average molecular weight is 233 g/mol. The topological polar surface area (TPSA) is 28.2 Å². The number of nitrogens with zero attached hydrogens (tertiary/aromatic N) is 2. The number of pyridine rings is 1. The Bertz CT molecular complexity index is 323. The van der Waals surface area contributed by atoms with Crippen molar-refractivity contribution in [2.75, 3.05) is 25.0 Å². The number of anilines is 1. The van der Waals surface area contributed by atoms with Gasteiger partial charge in [0.2, 0.25) is 0 Å². The van der Waals surface area contributed by atoms with Gasteiger partial charge in [-0.1, -0.05) is 19.9 Å². The van der Waals surface area contributed by atoms with Gasteiger partial charge in [-0.2, -0.15) is 0 Å². The zero-order valence-corrected chi connectivity index (χ0v) is 10.9. The highest BCUT2D eigenvalue weighted by Crippen LogP contribution is 2.18. The van der Waals surface area contributed by atoms with Gasteiger partial charge < -0.3 is 5.32 Å². The fourth-order valence-corrected chi connectivity index (χ4v) is 2.53. The summed E-state index contributed by atoms with van der Waals surface area (Å²) in [5.41, 5.74) is 0. The van der Waals surface area contributed by atoms with Crippen molar-refractivity contribution in [1.82, 2.24) is 9.88 Å². The molecule has 1 fully saturated rings. The van der Waals surface area contributed by atoms with Crippen LogP contribution in [0.5, 0.6) is 0 Å². The monoisotopic (exact) mass is 233 g/mol. The van der Waals surface area contributed by atoms with E-state index in [1.165, 1.54) is 25.9 Å². The molecule has 0 aliphatic carbocycles. The van der Waals surface area contributed by atoms with Crippen molar-refractivity contribution in [3.05, 3.63) is 24.4 Å². The van der Waals surface area contributed by atoms with Crippen LogP contribution in [0.15, 0.2) is 24.4 Å². The molecule has 1 aliphatic rings. The van der Waals surface area contributed by atoms with Crippen LogP contribution < -0.4 is 5.32 Å². The summed E-state index contributed by atoms with van der Waals surface area (Å²) in [6, 6.07) is 6.68. The summed E-state index contributed by atoms with van der Waals surface area (Å²) < 4.78 is 0. The van der Waals surface area contributed by atoms with E-state index in [1.807, 2.05) is 24.4 Å². The number of hydrogen-bond donors (Lipinski definition) is 1. The first-order valence-electron chi connectivity index (χ1n) is 6.64. The van der Waals surface area contributed by atoms with Crippen molar-refractivity contribution in [2.45, 2.75) is 32.7 Å². The quantitative estimate of drug-likeness (QED) is 0.847. The molecule has 0 radical (unpaired) electrons. The molecule has 2 rings (SSSR count). The van der Waals surface area contributed by atoms with E-state index in [-0.39, 0.29) is 0 Å². The Hall–Kier alpha value is -1.09. The fourth-order valence-electron chi connectivity index (χ4n) is 2.53. The van der Waals surface area contributed by atoms with E-state index >= 15 is 0 Å². The molecule has 0 spiro atoms. The van der Waals surface area contributed by atoms with Gasteiger partial charge in [0.15, 0.2) is 0 Å². The van der Waals surface area contributed by atoms with Crippen LogP contribution in [-0.4, -0.2) is 35.6 Å².